The molecule has 0 bridgehead atoms. The van der Waals surface area contributed by atoms with Crippen LogP contribution in [0.5, 0.6) is 17.2 Å². The number of allylic oxidation sites excluding steroid dienone is 2. The van der Waals surface area contributed by atoms with Gasteiger partial charge in [-0.15, -0.1) is 0 Å². The fourth-order valence-electron chi connectivity index (χ4n) is 3.14. The Morgan fingerprint density at radius 1 is 1.08 bits per heavy atom. The summed E-state index contributed by atoms with van der Waals surface area (Å²) in [5, 5.41) is 0. The molecule has 1 atom stereocenters. The third-order valence-electron chi connectivity index (χ3n) is 4.30. The number of nitrogens with zero attached hydrogens (tertiary/aromatic N) is 1. The molecule has 6 heteroatoms. The van der Waals surface area contributed by atoms with E-state index in [0.29, 0.717) is 35.8 Å². The molecule has 6 nitrogen and oxygen atoms in total. The van der Waals surface area contributed by atoms with Gasteiger partial charge in [0, 0.05) is 12.1 Å². The normalized spacial score (nSPS) is 19.2. The van der Waals surface area contributed by atoms with Crippen molar-refractivity contribution >= 4 is 11.7 Å². The van der Waals surface area contributed by atoms with Crippen LogP contribution in [0.25, 0.3) is 0 Å². The molecular weight excluding hydrogens is 310 g/mol. The van der Waals surface area contributed by atoms with Crippen molar-refractivity contribution in [2.45, 2.75) is 19.0 Å². The largest absolute Gasteiger partial charge is 0.493 e. The van der Waals surface area contributed by atoms with Gasteiger partial charge in [0.2, 0.25) is 11.5 Å². The molecule has 3 rings (SSSR count). The number of carbonyl (C=O) groups excluding carboxylic acids is 2. The summed E-state index contributed by atoms with van der Waals surface area (Å²) >= 11 is 0. The Labute approximate surface area is 140 Å². The van der Waals surface area contributed by atoms with Gasteiger partial charge < -0.3 is 19.1 Å². The highest BCUT2D eigenvalue weighted by Gasteiger charge is 2.42. The van der Waals surface area contributed by atoms with Crippen molar-refractivity contribution in [1.82, 2.24) is 4.90 Å². The number of amides is 1. The summed E-state index contributed by atoms with van der Waals surface area (Å²) in [7, 11) is 4.62. The number of carbonyl (C=O) groups is 2. The highest BCUT2D eigenvalue weighted by molar-refractivity contribution is 6.45. The molecule has 0 radical (unpaired) electrons. The van der Waals surface area contributed by atoms with E-state index in [4.69, 9.17) is 14.2 Å². The topological polar surface area (TPSA) is 65.1 Å². The van der Waals surface area contributed by atoms with Gasteiger partial charge in [0.05, 0.1) is 27.4 Å². The van der Waals surface area contributed by atoms with Crippen LogP contribution < -0.4 is 14.2 Å². The molecule has 1 saturated heterocycles. The average Bonchev–Trinajstić information content (AvgIpc) is 2.86. The maximum atomic E-state index is 12.3. The van der Waals surface area contributed by atoms with Crippen LogP contribution in [0.15, 0.2) is 35.9 Å². The van der Waals surface area contributed by atoms with Crippen LogP contribution >= 0.6 is 0 Å². The molecule has 0 spiro atoms. The number of likely N-dealkylation sites (tertiary alicyclic amines) is 1. The van der Waals surface area contributed by atoms with E-state index in [1.54, 1.807) is 37.3 Å². The number of fused-ring (bicyclic) bond motifs is 1. The standard InChI is InChI=1S/C18H19NO5/c1-22-14-8-11(9-15(23-2)17(14)24-3)10-19-13-7-5-4-6-12(13)16(20)18(19)21/h4-6,8-9,13H,7,10H2,1-3H3. The fourth-order valence-corrected chi connectivity index (χ4v) is 3.14. The zero-order valence-electron chi connectivity index (χ0n) is 13.9. The summed E-state index contributed by atoms with van der Waals surface area (Å²) in [6.45, 7) is 0.303. The lowest BCUT2D eigenvalue weighted by Gasteiger charge is -2.25. The summed E-state index contributed by atoms with van der Waals surface area (Å²) < 4.78 is 16.0. The van der Waals surface area contributed by atoms with E-state index in [9.17, 15) is 9.59 Å². The molecule has 1 unspecified atom stereocenters. The smallest absolute Gasteiger partial charge is 0.295 e. The quantitative estimate of drug-likeness (QED) is 0.772. The molecule has 1 fully saturated rings. The molecule has 2 aliphatic rings. The molecule has 1 aromatic carbocycles. The predicted molar refractivity (Wildman–Crippen MR) is 87.3 cm³/mol. The molecule has 1 amide bonds. The van der Waals surface area contributed by atoms with Gasteiger partial charge in [-0.25, -0.2) is 0 Å². The van der Waals surface area contributed by atoms with E-state index < -0.39 is 11.7 Å². The Hall–Kier alpha value is -2.76. The molecule has 0 saturated carbocycles. The van der Waals surface area contributed by atoms with Gasteiger partial charge >= 0.3 is 0 Å². The van der Waals surface area contributed by atoms with Crippen molar-refractivity contribution in [3.8, 4) is 17.2 Å². The lowest BCUT2D eigenvalue weighted by Crippen LogP contribution is -2.33. The minimum Gasteiger partial charge on any atom is -0.493 e. The maximum Gasteiger partial charge on any atom is 0.295 e. The first-order valence-electron chi connectivity index (χ1n) is 7.61. The van der Waals surface area contributed by atoms with E-state index in [-0.39, 0.29) is 6.04 Å². The van der Waals surface area contributed by atoms with Crippen LogP contribution in [-0.4, -0.2) is 44.0 Å². The third-order valence-corrected chi connectivity index (χ3v) is 4.30. The summed E-state index contributed by atoms with van der Waals surface area (Å²) in [6, 6.07) is 3.38. The zero-order valence-corrected chi connectivity index (χ0v) is 13.9. The second-order valence-corrected chi connectivity index (χ2v) is 5.60. The van der Waals surface area contributed by atoms with Crippen LogP contribution in [-0.2, 0) is 16.1 Å². The van der Waals surface area contributed by atoms with Gasteiger partial charge in [-0.3, -0.25) is 9.59 Å². The molecule has 1 aromatic rings. The highest BCUT2D eigenvalue weighted by atomic mass is 16.5. The van der Waals surface area contributed by atoms with Crippen LogP contribution in [0, 0.1) is 0 Å². The van der Waals surface area contributed by atoms with Gasteiger partial charge in [0.15, 0.2) is 11.5 Å². The van der Waals surface area contributed by atoms with E-state index in [1.807, 2.05) is 12.2 Å². The number of Topliss-reactive ketones (excluding diaryl/α,β-unsaturated/α-hetero) is 1. The Morgan fingerprint density at radius 2 is 1.75 bits per heavy atom. The summed E-state index contributed by atoms with van der Waals surface area (Å²) in [5.41, 5.74) is 1.37. The molecule has 126 valence electrons. The highest BCUT2D eigenvalue weighted by Crippen LogP contribution is 2.39. The van der Waals surface area contributed by atoms with Crippen molar-refractivity contribution < 1.29 is 23.8 Å². The van der Waals surface area contributed by atoms with Crippen LogP contribution in [0.3, 0.4) is 0 Å². The molecule has 1 aliphatic heterocycles. The number of hydrogen-bond acceptors (Lipinski definition) is 5. The Balaban J connectivity index is 1.94. The molecular formula is C18H19NO5. The van der Waals surface area contributed by atoms with Crippen molar-refractivity contribution in [2.24, 2.45) is 0 Å². The number of ketones is 1. The van der Waals surface area contributed by atoms with Gasteiger partial charge in [-0.1, -0.05) is 18.2 Å². The summed E-state index contributed by atoms with van der Waals surface area (Å²) in [5.74, 6) is 0.641. The Kier molecular flexibility index (Phi) is 4.29. The van der Waals surface area contributed by atoms with Gasteiger partial charge in [-0.05, 0) is 24.1 Å². The predicted octanol–water partition coefficient (Wildman–Crippen LogP) is 1.88. The van der Waals surface area contributed by atoms with Crippen molar-refractivity contribution in [2.75, 3.05) is 21.3 Å². The number of ether oxygens (including phenoxy) is 3. The fraction of sp³-hybridized carbons (Fsp3) is 0.333. The van der Waals surface area contributed by atoms with Crippen LogP contribution in [0.2, 0.25) is 0 Å². The lowest BCUT2D eigenvalue weighted by molar-refractivity contribution is -0.140. The Bertz CT molecular complexity index is 725. The molecule has 24 heavy (non-hydrogen) atoms. The van der Waals surface area contributed by atoms with Crippen molar-refractivity contribution in [3.63, 3.8) is 0 Å². The Morgan fingerprint density at radius 3 is 2.33 bits per heavy atom. The summed E-state index contributed by atoms with van der Waals surface area (Å²) in [6.07, 6.45) is 6.15. The number of hydrogen-bond donors (Lipinski definition) is 0. The van der Waals surface area contributed by atoms with Crippen LogP contribution in [0.4, 0.5) is 0 Å². The number of benzene rings is 1. The van der Waals surface area contributed by atoms with Crippen molar-refractivity contribution in [3.05, 3.63) is 41.5 Å². The SMILES string of the molecule is COc1cc(CN2C(=O)C(=O)C3=CC=CCC32)cc(OC)c1OC. The molecule has 0 aromatic heterocycles. The number of methoxy groups -OCH3 is 3. The van der Waals surface area contributed by atoms with Crippen LogP contribution in [0.1, 0.15) is 12.0 Å². The molecule has 1 aliphatic carbocycles. The lowest BCUT2D eigenvalue weighted by atomic mass is 9.99. The van der Waals surface area contributed by atoms with Gasteiger partial charge in [0.25, 0.3) is 5.91 Å². The second-order valence-electron chi connectivity index (χ2n) is 5.60. The zero-order chi connectivity index (χ0) is 17.3. The van der Waals surface area contributed by atoms with Gasteiger partial charge in [-0.2, -0.15) is 0 Å². The third kappa shape index (κ3) is 2.54. The minimum atomic E-state index is -0.469. The first-order chi connectivity index (χ1) is 11.6. The minimum absolute atomic E-state index is 0.200. The van der Waals surface area contributed by atoms with E-state index in [1.165, 1.54) is 7.11 Å². The molecule has 0 N–H and O–H groups in total. The summed E-state index contributed by atoms with van der Waals surface area (Å²) in [4.78, 5) is 26.0. The van der Waals surface area contributed by atoms with E-state index in [0.717, 1.165) is 5.56 Å². The second kappa shape index (κ2) is 6.39. The van der Waals surface area contributed by atoms with E-state index >= 15 is 0 Å². The number of rotatable bonds is 5. The first kappa shape index (κ1) is 16.1. The maximum absolute atomic E-state index is 12.3. The first-order valence-corrected chi connectivity index (χ1v) is 7.61. The van der Waals surface area contributed by atoms with E-state index in [2.05, 4.69) is 0 Å². The van der Waals surface area contributed by atoms with Gasteiger partial charge in [0.1, 0.15) is 0 Å². The molecule has 1 heterocycles. The monoisotopic (exact) mass is 329 g/mol. The van der Waals surface area contributed by atoms with Crippen molar-refractivity contribution in [1.29, 1.82) is 0 Å². The average molecular weight is 329 g/mol.